The summed E-state index contributed by atoms with van der Waals surface area (Å²) in [6.07, 6.45) is 1.19. The lowest BCUT2D eigenvalue weighted by Crippen LogP contribution is -2.42. The van der Waals surface area contributed by atoms with Crippen molar-refractivity contribution in [1.82, 2.24) is 4.90 Å². The smallest absolute Gasteiger partial charge is 0.253 e. The molecule has 4 nitrogen and oxygen atoms in total. The van der Waals surface area contributed by atoms with Gasteiger partial charge in [0.1, 0.15) is 0 Å². The van der Waals surface area contributed by atoms with Gasteiger partial charge in [0.05, 0.1) is 0 Å². The summed E-state index contributed by atoms with van der Waals surface area (Å²) in [7, 11) is 0. The van der Waals surface area contributed by atoms with Gasteiger partial charge in [-0.1, -0.05) is 13.8 Å². The quantitative estimate of drug-likeness (QED) is 0.901. The third-order valence-corrected chi connectivity index (χ3v) is 3.61. The first kappa shape index (κ1) is 14.6. The van der Waals surface area contributed by atoms with Crippen LogP contribution in [0.5, 0.6) is 0 Å². The molecule has 1 aromatic rings. The van der Waals surface area contributed by atoms with Crippen LogP contribution in [-0.2, 0) is 4.79 Å². The fraction of sp³-hybridized carbons (Fsp3) is 0.500. The Bertz CT molecular complexity index is 486. The van der Waals surface area contributed by atoms with Crippen LogP contribution in [0.2, 0.25) is 0 Å². The van der Waals surface area contributed by atoms with Crippen molar-refractivity contribution in [3.8, 4) is 0 Å². The number of rotatable bonds is 2. The van der Waals surface area contributed by atoms with Gasteiger partial charge in [0.25, 0.3) is 5.91 Å². The monoisotopic (exact) mass is 274 g/mol. The molecule has 108 valence electrons. The number of carbonyl (C=O) groups is 2. The van der Waals surface area contributed by atoms with E-state index in [2.05, 4.69) is 19.2 Å². The second-order valence-corrected chi connectivity index (χ2v) is 5.91. The van der Waals surface area contributed by atoms with Gasteiger partial charge in [0.2, 0.25) is 5.91 Å². The van der Waals surface area contributed by atoms with Crippen molar-refractivity contribution < 1.29 is 9.59 Å². The standard InChI is InChI=1S/C16H22N2O2/c1-11-8-12(2)10-18(9-11)16(20)14-4-6-15(7-5-14)17-13(3)19/h4-7,11-12H,8-10H2,1-3H3,(H,17,19)/t11-,12-/m0/s1. The number of benzene rings is 1. The number of carbonyl (C=O) groups excluding carboxylic acids is 2. The maximum Gasteiger partial charge on any atom is 0.253 e. The molecule has 0 spiro atoms. The second kappa shape index (κ2) is 6.07. The molecule has 1 N–H and O–H groups in total. The molecule has 1 aliphatic rings. The molecule has 2 rings (SSSR count). The summed E-state index contributed by atoms with van der Waals surface area (Å²) in [5.74, 6) is 1.09. The first-order valence-electron chi connectivity index (χ1n) is 7.12. The number of amides is 2. The van der Waals surface area contributed by atoms with E-state index in [0.717, 1.165) is 18.8 Å². The lowest BCUT2D eigenvalue weighted by Gasteiger charge is -2.35. The maximum absolute atomic E-state index is 12.5. The van der Waals surface area contributed by atoms with E-state index in [9.17, 15) is 9.59 Å². The third-order valence-electron chi connectivity index (χ3n) is 3.61. The van der Waals surface area contributed by atoms with E-state index in [1.165, 1.54) is 13.3 Å². The highest BCUT2D eigenvalue weighted by molar-refractivity contribution is 5.95. The van der Waals surface area contributed by atoms with Crippen LogP contribution >= 0.6 is 0 Å². The lowest BCUT2D eigenvalue weighted by molar-refractivity contribution is -0.114. The highest BCUT2D eigenvalue weighted by atomic mass is 16.2. The van der Waals surface area contributed by atoms with E-state index in [-0.39, 0.29) is 11.8 Å². The van der Waals surface area contributed by atoms with Crippen LogP contribution in [0.3, 0.4) is 0 Å². The van der Waals surface area contributed by atoms with Gasteiger partial charge in [-0.3, -0.25) is 9.59 Å². The predicted octanol–water partition coefficient (Wildman–Crippen LogP) is 2.76. The van der Waals surface area contributed by atoms with Gasteiger partial charge >= 0.3 is 0 Å². The molecule has 0 radical (unpaired) electrons. The van der Waals surface area contributed by atoms with E-state index in [1.807, 2.05) is 4.90 Å². The van der Waals surface area contributed by atoms with Gasteiger partial charge < -0.3 is 10.2 Å². The predicted molar refractivity (Wildman–Crippen MR) is 79.6 cm³/mol. The molecule has 4 heteroatoms. The topological polar surface area (TPSA) is 49.4 Å². The Morgan fingerprint density at radius 1 is 1.10 bits per heavy atom. The number of piperidine rings is 1. The fourth-order valence-electron chi connectivity index (χ4n) is 2.91. The van der Waals surface area contributed by atoms with Gasteiger partial charge in [-0.05, 0) is 42.5 Å². The lowest BCUT2D eigenvalue weighted by atomic mass is 9.91. The molecule has 0 aliphatic carbocycles. The van der Waals surface area contributed by atoms with Gasteiger partial charge in [-0.25, -0.2) is 0 Å². The first-order valence-corrected chi connectivity index (χ1v) is 7.12. The Labute approximate surface area is 120 Å². The zero-order valence-corrected chi connectivity index (χ0v) is 12.3. The molecule has 1 fully saturated rings. The van der Waals surface area contributed by atoms with E-state index in [0.29, 0.717) is 17.4 Å². The van der Waals surface area contributed by atoms with Crippen molar-refractivity contribution in [1.29, 1.82) is 0 Å². The summed E-state index contributed by atoms with van der Waals surface area (Å²) >= 11 is 0. The summed E-state index contributed by atoms with van der Waals surface area (Å²) in [5, 5.41) is 2.70. The zero-order valence-electron chi connectivity index (χ0n) is 12.3. The van der Waals surface area contributed by atoms with Crippen molar-refractivity contribution in [3.63, 3.8) is 0 Å². The molecule has 0 aromatic heterocycles. The molecule has 1 saturated heterocycles. The zero-order chi connectivity index (χ0) is 14.7. The maximum atomic E-state index is 12.5. The van der Waals surface area contributed by atoms with Crippen LogP contribution in [0.1, 0.15) is 37.6 Å². The second-order valence-electron chi connectivity index (χ2n) is 5.91. The largest absolute Gasteiger partial charge is 0.338 e. The normalized spacial score (nSPS) is 22.4. The van der Waals surface area contributed by atoms with Crippen LogP contribution in [-0.4, -0.2) is 29.8 Å². The molecular weight excluding hydrogens is 252 g/mol. The summed E-state index contributed by atoms with van der Waals surface area (Å²) < 4.78 is 0. The Morgan fingerprint density at radius 3 is 2.15 bits per heavy atom. The van der Waals surface area contributed by atoms with Crippen LogP contribution in [0.15, 0.2) is 24.3 Å². The number of hydrogen-bond donors (Lipinski definition) is 1. The summed E-state index contributed by atoms with van der Waals surface area (Å²) in [6, 6.07) is 7.09. The summed E-state index contributed by atoms with van der Waals surface area (Å²) in [4.78, 5) is 25.4. The van der Waals surface area contributed by atoms with Crippen LogP contribution in [0.25, 0.3) is 0 Å². The van der Waals surface area contributed by atoms with Crippen molar-refractivity contribution in [2.75, 3.05) is 18.4 Å². The van der Waals surface area contributed by atoms with Crippen LogP contribution in [0, 0.1) is 11.8 Å². The van der Waals surface area contributed by atoms with Crippen LogP contribution < -0.4 is 5.32 Å². The Kier molecular flexibility index (Phi) is 4.42. The Hall–Kier alpha value is -1.84. The molecule has 1 heterocycles. The van der Waals surface area contributed by atoms with Gasteiger partial charge in [-0.2, -0.15) is 0 Å². The van der Waals surface area contributed by atoms with Gasteiger partial charge in [0, 0.05) is 31.3 Å². The fourth-order valence-corrected chi connectivity index (χ4v) is 2.91. The highest BCUT2D eigenvalue weighted by Crippen LogP contribution is 2.22. The van der Waals surface area contributed by atoms with Crippen molar-refractivity contribution >= 4 is 17.5 Å². The average molecular weight is 274 g/mol. The van der Waals surface area contributed by atoms with E-state index in [4.69, 9.17) is 0 Å². The molecule has 2 atom stereocenters. The molecule has 0 unspecified atom stereocenters. The number of nitrogens with one attached hydrogen (secondary N) is 1. The minimum Gasteiger partial charge on any atom is -0.338 e. The van der Waals surface area contributed by atoms with E-state index >= 15 is 0 Å². The van der Waals surface area contributed by atoms with Crippen molar-refractivity contribution in [2.24, 2.45) is 11.8 Å². The number of likely N-dealkylation sites (tertiary alicyclic amines) is 1. The Morgan fingerprint density at radius 2 is 1.65 bits per heavy atom. The van der Waals surface area contributed by atoms with E-state index in [1.54, 1.807) is 24.3 Å². The van der Waals surface area contributed by atoms with Crippen molar-refractivity contribution in [3.05, 3.63) is 29.8 Å². The third kappa shape index (κ3) is 3.59. The molecule has 0 saturated carbocycles. The molecule has 2 amide bonds. The first-order chi connectivity index (χ1) is 9.45. The molecule has 20 heavy (non-hydrogen) atoms. The van der Waals surface area contributed by atoms with Gasteiger partial charge in [0.15, 0.2) is 0 Å². The molecule has 1 aliphatic heterocycles. The molecular formula is C16H22N2O2. The summed E-state index contributed by atoms with van der Waals surface area (Å²) in [5.41, 5.74) is 1.40. The number of nitrogens with zero attached hydrogens (tertiary/aromatic N) is 1. The Balaban J connectivity index is 2.07. The van der Waals surface area contributed by atoms with E-state index < -0.39 is 0 Å². The number of hydrogen-bond acceptors (Lipinski definition) is 2. The molecule has 1 aromatic carbocycles. The summed E-state index contributed by atoms with van der Waals surface area (Å²) in [6.45, 7) is 7.51. The highest BCUT2D eigenvalue weighted by Gasteiger charge is 2.25. The average Bonchev–Trinajstić information content (AvgIpc) is 2.37. The van der Waals surface area contributed by atoms with Crippen molar-refractivity contribution in [2.45, 2.75) is 27.2 Å². The number of anilines is 1. The SMILES string of the molecule is CC(=O)Nc1ccc(C(=O)N2C[C@@H](C)C[C@H](C)C2)cc1. The van der Waals surface area contributed by atoms with Crippen LogP contribution in [0.4, 0.5) is 5.69 Å². The van der Waals surface area contributed by atoms with Gasteiger partial charge in [-0.15, -0.1) is 0 Å². The minimum atomic E-state index is -0.109. The minimum absolute atomic E-state index is 0.0813. The molecule has 0 bridgehead atoms.